The van der Waals surface area contributed by atoms with Gasteiger partial charge in [0.1, 0.15) is 0 Å². The normalized spacial score (nSPS) is 13.4. The van der Waals surface area contributed by atoms with Crippen molar-refractivity contribution in [1.82, 2.24) is 14.9 Å². The van der Waals surface area contributed by atoms with Crippen LogP contribution in [0.4, 0.5) is 0 Å². The average molecular weight is 293 g/mol. The molecule has 0 bridgehead atoms. The second-order valence-electron chi connectivity index (χ2n) is 5.10. The van der Waals surface area contributed by atoms with Crippen molar-refractivity contribution in [2.24, 2.45) is 0 Å². The number of rotatable bonds is 4. The summed E-state index contributed by atoms with van der Waals surface area (Å²) in [7, 11) is -3.56. The number of nitrogens with zero attached hydrogens (tertiary/aromatic N) is 1. The standard InChI is InChI=1S/C14H19N3O2S/c1-9-5-10(2)14(11(3)6-9)20(18,19)17-12(4)13-7-15-16-8-13/h5-8,12,17H,1-4H3,(H,15,16). The summed E-state index contributed by atoms with van der Waals surface area (Å²) in [6, 6.07) is 3.42. The summed E-state index contributed by atoms with van der Waals surface area (Å²) < 4.78 is 27.8. The molecular formula is C14H19N3O2S. The van der Waals surface area contributed by atoms with E-state index in [0.29, 0.717) is 4.90 Å². The number of hydrogen-bond acceptors (Lipinski definition) is 3. The average Bonchev–Trinajstić information content (AvgIpc) is 2.78. The van der Waals surface area contributed by atoms with Gasteiger partial charge in [-0.2, -0.15) is 5.10 Å². The van der Waals surface area contributed by atoms with Crippen LogP contribution in [-0.4, -0.2) is 18.6 Å². The van der Waals surface area contributed by atoms with Crippen LogP contribution >= 0.6 is 0 Å². The molecule has 1 aromatic carbocycles. The van der Waals surface area contributed by atoms with Crippen LogP contribution in [0, 0.1) is 20.8 Å². The summed E-state index contributed by atoms with van der Waals surface area (Å²) in [5, 5.41) is 6.51. The van der Waals surface area contributed by atoms with Gasteiger partial charge in [0, 0.05) is 17.8 Å². The molecule has 0 aliphatic heterocycles. The van der Waals surface area contributed by atoms with Gasteiger partial charge < -0.3 is 0 Å². The van der Waals surface area contributed by atoms with E-state index in [2.05, 4.69) is 14.9 Å². The van der Waals surface area contributed by atoms with Crippen molar-refractivity contribution in [1.29, 1.82) is 0 Å². The topological polar surface area (TPSA) is 74.8 Å². The van der Waals surface area contributed by atoms with E-state index in [1.54, 1.807) is 19.3 Å². The number of aromatic nitrogens is 2. The summed E-state index contributed by atoms with van der Waals surface area (Å²) in [5.41, 5.74) is 3.38. The highest BCUT2D eigenvalue weighted by atomic mass is 32.2. The van der Waals surface area contributed by atoms with Gasteiger partial charge in [-0.15, -0.1) is 0 Å². The van der Waals surface area contributed by atoms with Gasteiger partial charge in [-0.25, -0.2) is 13.1 Å². The van der Waals surface area contributed by atoms with E-state index < -0.39 is 10.0 Å². The van der Waals surface area contributed by atoms with Gasteiger partial charge in [0.15, 0.2) is 0 Å². The maximum absolute atomic E-state index is 12.5. The van der Waals surface area contributed by atoms with Gasteiger partial charge in [-0.1, -0.05) is 17.7 Å². The molecule has 0 radical (unpaired) electrons. The Morgan fingerprint density at radius 3 is 2.30 bits per heavy atom. The summed E-state index contributed by atoms with van der Waals surface area (Å²) in [6.45, 7) is 7.38. The minimum absolute atomic E-state index is 0.334. The molecule has 6 heteroatoms. The molecule has 5 nitrogen and oxygen atoms in total. The quantitative estimate of drug-likeness (QED) is 0.908. The number of H-pyrrole nitrogens is 1. The predicted molar refractivity (Wildman–Crippen MR) is 78.0 cm³/mol. The lowest BCUT2D eigenvalue weighted by atomic mass is 10.1. The minimum Gasteiger partial charge on any atom is -0.285 e. The SMILES string of the molecule is Cc1cc(C)c(S(=O)(=O)NC(C)c2cn[nH]c2)c(C)c1. The fourth-order valence-corrected chi connectivity index (χ4v) is 4.13. The van der Waals surface area contributed by atoms with E-state index in [-0.39, 0.29) is 6.04 Å². The Morgan fingerprint density at radius 2 is 1.80 bits per heavy atom. The van der Waals surface area contributed by atoms with Crippen molar-refractivity contribution in [3.8, 4) is 0 Å². The maximum Gasteiger partial charge on any atom is 0.241 e. The molecule has 2 rings (SSSR count). The number of aromatic amines is 1. The van der Waals surface area contributed by atoms with Crippen LogP contribution in [0.15, 0.2) is 29.4 Å². The second-order valence-corrected chi connectivity index (χ2v) is 6.75. The Balaban J connectivity index is 2.37. The Bertz CT molecular complexity index is 683. The molecule has 0 aliphatic rings. The molecule has 2 N–H and O–H groups in total. The van der Waals surface area contributed by atoms with Crippen LogP contribution in [0.2, 0.25) is 0 Å². The summed E-state index contributed by atoms with van der Waals surface area (Å²) in [6.07, 6.45) is 3.30. The zero-order chi connectivity index (χ0) is 14.9. The lowest BCUT2D eigenvalue weighted by molar-refractivity contribution is 0.565. The molecule has 2 aromatic rings. The summed E-state index contributed by atoms with van der Waals surface area (Å²) in [5.74, 6) is 0. The third-order valence-electron chi connectivity index (χ3n) is 3.22. The molecule has 1 atom stereocenters. The molecular weight excluding hydrogens is 274 g/mol. The van der Waals surface area contributed by atoms with Crippen LogP contribution in [0.5, 0.6) is 0 Å². The molecule has 0 saturated carbocycles. The predicted octanol–water partition coefficient (Wildman–Crippen LogP) is 2.37. The van der Waals surface area contributed by atoms with Crippen LogP contribution in [0.1, 0.15) is 35.2 Å². The van der Waals surface area contributed by atoms with Gasteiger partial charge in [0.05, 0.1) is 11.1 Å². The molecule has 0 fully saturated rings. The highest BCUT2D eigenvalue weighted by molar-refractivity contribution is 7.89. The Labute approximate surface area is 119 Å². The lowest BCUT2D eigenvalue weighted by Crippen LogP contribution is -2.28. The van der Waals surface area contributed by atoms with Crippen molar-refractivity contribution in [2.75, 3.05) is 0 Å². The first kappa shape index (κ1) is 14.7. The first-order valence-corrected chi connectivity index (χ1v) is 7.88. The first-order chi connectivity index (χ1) is 9.31. The van der Waals surface area contributed by atoms with Crippen molar-refractivity contribution in [2.45, 2.75) is 38.6 Å². The molecule has 0 spiro atoms. The number of sulfonamides is 1. The second kappa shape index (κ2) is 5.38. The van der Waals surface area contributed by atoms with Gasteiger partial charge in [-0.3, -0.25) is 5.10 Å². The summed E-state index contributed by atoms with van der Waals surface area (Å²) >= 11 is 0. The molecule has 1 unspecified atom stereocenters. The molecule has 0 saturated heterocycles. The van der Waals surface area contributed by atoms with E-state index in [1.165, 1.54) is 0 Å². The van der Waals surface area contributed by atoms with E-state index in [9.17, 15) is 8.42 Å². The van der Waals surface area contributed by atoms with E-state index in [0.717, 1.165) is 22.3 Å². The van der Waals surface area contributed by atoms with Crippen molar-refractivity contribution >= 4 is 10.0 Å². The smallest absolute Gasteiger partial charge is 0.241 e. The van der Waals surface area contributed by atoms with E-state index in [4.69, 9.17) is 0 Å². The summed E-state index contributed by atoms with van der Waals surface area (Å²) in [4.78, 5) is 0.360. The minimum atomic E-state index is -3.56. The van der Waals surface area contributed by atoms with Gasteiger partial charge in [-0.05, 0) is 38.8 Å². The molecule has 1 heterocycles. The number of hydrogen-bond donors (Lipinski definition) is 2. The third-order valence-corrected chi connectivity index (χ3v) is 5.07. The van der Waals surface area contributed by atoms with Crippen molar-refractivity contribution in [3.05, 3.63) is 46.8 Å². The van der Waals surface area contributed by atoms with Gasteiger partial charge in [0.2, 0.25) is 10.0 Å². The number of aryl methyl sites for hydroxylation is 3. The van der Waals surface area contributed by atoms with Crippen LogP contribution in [-0.2, 0) is 10.0 Å². The van der Waals surface area contributed by atoms with Crippen molar-refractivity contribution in [3.63, 3.8) is 0 Å². The number of benzene rings is 1. The fraction of sp³-hybridized carbons (Fsp3) is 0.357. The Hall–Kier alpha value is -1.66. The first-order valence-electron chi connectivity index (χ1n) is 6.40. The zero-order valence-corrected chi connectivity index (χ0v) is 12.9. The maximum atomic E-state index is 12.5. The fourth-order valence-electron chi connectivity index (χ4n) is 2.45. The monoisotopic (exact) mass is 293 g/mol. The van der Waals surface area contributed by atoms with Gasteiger partial charge in [0.25, 0.3) is 0 Å². The number of nitrogens with one attached hydrogen (secondary N) is 2. The molecule has 0 aliphatic carbocycles. The highest BCUT2D eigenvalue weighted by Crippen LogP contribution is 2.23. The van der Waals surface area contributed by atoms with Crippen LogP contribution in [0.25, 0.3) is 0 Å². The molecule has 1 aromatic heterocycles. The molecule has 20 heavy (non-hydrogen) atoms. The van der Waals surface area contributed by atoms with E-state index >= 15 is 0 Å². The Kier molecular flexibility index (Phi) is 3.96. The molecule has 0 amide bonds. The largest absolute Gasteiger partial charge is 0.285 e. The Morgan fingerprint density at radius 1 is 1.20 bits per heavy atom. The van der Waals surface area contributed by atoms with Crippen LogP contribution in [0.3, 0.4) is 0 Å². The third kappa shape index (κ3) is 2.91. The zero-order valence-electron chi connectivity index (χ0n) is 12.1. The van der Waals surface area contributed by atoms with Crippen LogP contribution < -0.4 is 4.72 Å². The van der Waals surface area contributed by atoms with Gasteiger partial charge >= 0.3 is 0 Å². The van der Waals surface area contributed by atoms with E-state index in [1.807, 2.05) is 32.9 Å². The highest BCUT2D eigenvalue weighted by Gasteiger charge is 2.22. The van der Waals surface area contributed by atoms with Crippen molar-refractivity contribution < 1.29 is 8.42 Å². The lowest BCUT2D eigenvalue weighted by Gasteiger charge is -2.16. The molecule has 108 valence electrons.